The first-order valence-corrected chi connectivity index (χ1v) is 8.95. The van der Waals surface area contributed by atoms with Crippen molar-refractivity contribution in [1.82, 2.24) is 9.80 Å². The van der Waals surface area contributed by atoms with Crippen molar-refractivity contribution in [2.24, 2.45) is 0 Å². The van der Waals surface area contributed by atoms with E-state index in [4.69, 9.17) is 4.74 Å². The first kappa shape index (κ1) is 16.7. The highest BCUT2D eigenvalue weighted by Gasteiger charge is 2.63. The maximum absolute atomic E-state index is 12.4. The monoisotopic (exact) mass is 322 g/mol. The van der Waals surface area contributed by atoms with Crippen LogP contribution in [0.2, 0.25) is 0 Å². The Hall–Kier alpha value is -1.10. The minimum absolute atomic E-state index is 0.153. The molecule has 0 aliphatic carbocycles. The summed E-state index contributed by atoms with van der Waals surface area (Å²) >= 11 is 0. The highest BCUT2D eigenvalue weighted by molar-refractivity contribution is 5.90. The van der Waals surface area contributed by atoms with Crippen LogP contribution in [0.1, 0.15) is 66.2 Å². The average Bonchev–Trinajstić information content (AvgIpc) is 2.78. The maximum Gasteiger partial charge on any atom is 0.410 e. The van der Waals surface area contributed by atoms with Gasteiger partial charge in [-0.1, -0.05) is 6.92 Å². The van der Waals surface area contributed by atoms with Gasteiger partial charge in [0.15, 0.2) is 5.78 Å². The van der Waals surface area contributed by atoms with Crippen molar-refractivity contribution >= 4 is 11.9 Å². The van der Waals surface area contributed by atoms with E-state index in [0.29, 0.717) is 24.3 Å². The van der Waals surface area contributed by atoms with Gasteiger partial charge in [-0.2, -0.15) is 0 Å². The van der Waals surface area contributed by atoms with Crippen LogP contribution >= 0.6 is 0 Å². The second-order valence-electron chi connectivity index (χ2n) is 8.48. The molecule has 0 N–H and O–H groups in total. The zero-order valence-corrected chi connectivity index (χ0v) is 15.1. The van der Waals surface area contributed by atoms with E-state index in [0.717, 1.165) is 32.1 Å². The quantitative estimate of drug-likeness (QED) is 0.801. The van der Waals surface area contributed by atoms with E-state index in [1.54, 1.807) is 4.90 Å². The fourth-order valence-electron chi connectivity index (χ4n) is 4.93. The van der Waals surface area contributed by atoms with E-state index >= 15 is 0 Å². The molecule has 0 aromatic rings. The van der Waals surface area contributed by atoms with Crippen LogP contribution in [0.4, 0.5) is 4.79 Å². The first-order valence-electron chi connectivity index (χ1n) is 8.95. The molecule has 3 aliphatic heterocycles. The van der Waals surface area contributed by atoms with Crippen LogP contribution in [0.15, 0.2) is 0 Å². The highest BCUT2D eigenvalue weighted by Crippen LogP contribution is 2.54. The molecule has 3 fully saturated rings. The van der Waals surface area contributed by atoms with Gasteiger partial charge in [-0.05, 0) is 52.9 Å². The summed E-state index contributed by atoms with van der Waals surface area (Å²) in [6, 6.07) is 1.14. The SMILES string of the molecule is CCC(=O)C12CC[C@H]3C[C@H](N(C)C(=O)OC(C)(C)C)C[C@@H](C1)N32. The Kier molecular flexibility index (Phi) is 3.98. The van der Waals surface area contributed by atoms with Crippen LogP contribution in [0, 0.1) is 0 Å². The Morgan fingerprint density at radius 3 is 2.52 bits per heavy atom. The van der Waals surface area contributed by atoms with Crippen LogP contribution in [0.3, 0.4) is 0 Å². The topological polar surface area (TPSA) is 49.9 Å². The van der Waals surface area contributed by atoms with Crippen molar-refractivity contribution in [1.29, 1.82) is 0 Å². The summed E-state index contributed by atoms with van der Waals surface area (Å²) < 4.78 is 5.51. The third-order valence-corrected chi connectivity index (χ3v) is 5.90. The number of amides is 1. The van der Waals surface area contributed by atoms with Crippen LogP contribution in [-0.2, 0) is 9.53 Å². The number of carbonyl (C=O) groups excluding carboxylic acids is 2. The summed E-state index contributed by atoms with van der Waals surface area (Å²) in [5.74, 6) is 0.412. The van der Waals surface area contributed by atoms with Gasteiger partial charge < -0.3 is 9.64 Å². The van der Waals surface area contributed by atoms with Crippen molar-refractivity contribution in [2.75, 3.05) is 7.05 Å². The number of hydrogen-bond acceptors (Lipinski definition) is 4. The Labute approximate surface area is 139 Å². The van der Waals surface area contributed by atoms with E-state index in [9.17, 15) is 9.59 Å². The second-order valence-corrected chi connectivity index (χ2v) is 8.48. The molecule has 1 unspecified atom stereocenters. The van der Waals surface area contributed by atoms with E-state index in [1.807, 2.05) is 34.7 Å². The fraction of sp³-hybridized carbons (Fsp3) is 0.889. The van der Waals surface area contributed by atoms with Crippen molar-refractivity contribution < 1.29 is 14.3 Å². The minimum Gasteiger partial charge on any atom is -0.444 e. The normalized spacial score (nSPS) is 36.1. The third-order valence-electron chi connectivity index (χ3n) is 5.90. The molecule has 0 spiro atoms. The average molecular weight is 322 g/mol. The second kappa shape index (κ2) is 5.47. The number of rotatable bonds is 3. The number of Topliss-reactive ketones (excluding diaryl/α,β-unsaturated/α-hetero) is 1. The van der Waals surface area contributed by atoms with Gasteiger partial charge in [0.2, 0.25) is 0 Å². The van der Waals surface area contributed by atoms with Crippen molar-refractivity contribution in [3.05, 3.63) is 0 Å². The molecule has 0 aromatic heterocycles. The molecule has 0 saturated carbocycles. The van der Waals surface area contributed by atoms with E-state index in [-0.39, 0.29) is 17.7 Å². The number of nitrogens with zero attached hydrogens (tertiary/aromatic N) is 2. The third kappa shape index (κ3) is 2.67. The van der Waals surface area contributed by atoms with Gasteiger partial charge in [0.05, 0.1) is 5.54 Å². The lowest BCUT2D eigenvalue weighted by atomic mass is 9.71. The van der Waals surface area contributed by atoms with Gasteiger partial charge in [-0.15, -0.1) is 0 Å². The fourth-order valence-corrected chi connectivity index (χ4v) is 4.93. The molecule has 3 saturated heterocycles. The molecule has 3 rings (SSSR count). The minimum atomic E-state index is -0.460. The summed E-state index contributed by atoms with van der Waals surface area (Å²) in [6.45, 7) is 7.67. The number of ketones is 1. The molecule has 3 aliphatic rings. The number of piperidine rings is 1. The van der Waals surface area contributed by atoms with Crippen molar-refractivity contribution in [3.8, 4) is 0 Å². The number of hydrogen-bond donors (Lipinski definition) is 0. The van der Waals surface area contributed by atoms with Crippen LogP contribution in [0.5, 0.6) is 0 Å². The van der Waals surface area contributed by atoms with Crippen molar-refractivity contribution in [2.45, 2.75) is 95.5 Å². The molecule has 23 heavy (non-hydrogen) atoms. The summed E-state index contributed by atoms with van der Waals surface area (Å²) in [4.78, 5) is 29.0. The smallest absolute Gasteiger partial charge is 0.410 e. The van der Waals surface area contributed by atoms with E-state index in [2.05, 4.69) is 4.90 Å². The zero-order chi connectivity index (χ0) is 17.0. The first-order chi connectivity index (χ1) is 10.7. The molecule has 1 amide bonds. The van der Waals surface area contributed by atoms with Gasteiger partial charge in [0, 0.05) is 31.6 Å². The molecule has 0 aromatic carbocycles. The lowest BCUT2D eigenvalue weighted by Gasteiger charge is -2.60. The van der Waals surface area contributed by atoms with Gasteiger partial charge in [-0.25, -0.2) is 4.79 Å². The predicted octanol–water partition coefficient (Wildman–Crippen LogP) is 2.97. The van der Waals surface area contributed by atoms with Gasteiger partial charge in [0.25, 0.3) is 0 Å². The van der Waals surface area contributed by atoms with Gasteiger partial charge in [0.1, 0.15) is 5.60 Å². The van der Waals surface area contributed by atoms with Crippen LogP contribution in [0.25, 0.3) is 0 Å². The largest absolute Gasteiger partial charge is 0.444 e. The Balaban J connectivity index is 1.66. The summed E-state index contributed by atoms with van der Waals surface area (Å²) in [7, 11) is 1.85. The van der Waals surface area contributed by atoms with Crippen LogP contribution < -0.4 is 0 Å². The molecule has 0 bridgehead atoms. The zero-order valence-electron chi connectivity index (χ0n) is 15.1. The van der Waals surface area contributed by atoms with Crippen LogP contribution in [-0.4, -0.2) is 58.0 Å². The summed E-state index contributed by atoms with van der Waals surface area (Å²) in [5, 5.41) is 0. The van der Waals surface area contributed by atoms with E-state index < -0.39 is 5.60 Å². The standard InChI is InChI=1S/C18H30N2O3/c1-6-15(21)18-8-7-12-9-13(10-14(11-18)20(12)18)19(5)16(22)23-17(2,3)4/h12-14H,6-11H2,1-5H3/t12-,13-,14-,18?/m0/s1. The molecule has 5 nitrogen and oxygen atoms in total. The molecule has 5 heteroatoms. The predicted molar refractivity (Wildman–Crippen MR) is 88.3 cm³/mol. The van der Waals surface area contributed by atoms with Crippen molar-refractivity contribution in [3.63, 3.8) is 0 Å². The molecular formula is C18H30N2O3. The maximum atomic E-state index is 12.4. The Bertz CT molecular complexity index is 513. The molecule has 3 heterocycles. The Morgan fingerprint density at radius 1 is 1.26 bits per heavy atom. The number of carbonyl (C=O) groups is 2. The molecule has 130 valence electrons. The molecule has 4 atom stereocenters. The lowest BCUT2D eigenvalue weighted by molar-refractivity contribution is -0.154. The lowest BCUT2D eigenvalue weighted by Crippen LogP contribution is -2.71. The van der Waals surface area contributed by atoms with Gasteiger partial charge in [-0.3, -0.25) is 9.69 Å². The molecule has 0 radical (unpaired) electrons. The summed E-state index contributed by atoms with van der Waals surface area (Å²) in [6.07, 6.45) is 5.40. The molecular weight excluding hydrogens is 292 g/mol. The highest BCUT2D eigenvalue weighted by atomic mass is 16.6. The number of ether oxygens (including phenoxy) is 1. The Morgan fingerprint density at radius 2 is 1.91 bits per heavy atom. The summed E-state index contributed by atoms with van der Waals surface area (Å²) in [5.41, 5.74) is -0.613. The van der Waals surface area contributed by atoms with E-state index in [1.165, 1.54) is 0 Å². The van der Waals surface area contributed by atoms with Gasteiger partial charge >= 0.3 is 6.09 Å².